The van der Waals surface area contributed by atoms with Crippen LogP contribution in [-0.2, 0) is 9.26 Å². The molecule has 0 aliphatic carbocycles. The molecule has 0 spiro atoms. The molecular weight excluding hydrogens is 227 g/mol. The van der Waals surface area contributed by atoms with Crippen LogP contribution in [-0.4, -0.2) is 41.5 Å². The predicted molar refractivity (Wildman–Crippen MR) is 63.6 cm³/mol. The summed E-state index contributed by atoms with van der Waals surface area (Å²) >= 11 is 0. The second-order valence-electron chi connectivity index (χ2n) is 3.97. The van der Waals surface area contributed by atoms with Crippen LogP contribution in [0.25, 0.3) is 0 Å². The monoisotopic (exact) mass is 248 g/mol. The summed E-state index contributed by atoms with van der Waals surface area (Å²) in [5.41, 5.74) is 0. The molecule has 0 saturated heterocycles. The lowest BCUT2D eigenvalue weighted by molar-refractivity contribution is 0.0884. The molecule has 0 aliphatic heterocycles. The molecule has 0 aliphatic rings. The number of nitrogens with zero attached hydrogens (tertiary/aromatic N) is 2. The van der Waals surface area contributed by atoms with E-state index in [0.717, 1.165) is 0 Å². The largest absolute Gasteiger partial charge is 0.364 e. The Morgan fingerprint density at radius 1 is 1.31 bits per heavy atom. The van der Waals surface area contributed by atoms with Crippen molar-refractivity contribution < 1.29 is 14.2 Å². The lowest BCUT2D eigenvalue weighted by atomic mass is 10.3. The van der Waals surface area contributed by atoms with Gasteiger partial charge in [-0.1, -0.05) is 0 Å². The van der Waals surface area contributed by atoms with E-state index in [0.29, 0.717) is 0 Å². The molecule has 0 radical (unpaired) electrons. The van der Waals surface area contributed by atoms with Gasteiger partial charge in [-0.15, -0.1) is 0 Å². The lowest BCUT2D eigenvalue weighted by Crippen LogP contribution is -2.33. The molecule has 0 aromatic carbocycles. The van der Waals surface area contributed by atoms with Crippen molar-refractivity contribution in [3.8, 4) is 6.07 Å². The van der Waals surface area contributed by atoms with Crippen molar-refractivity contribution in [1.82, 2.24) is 4.67 Å². The Bertz CT molecular complexity index is 223. The highest BCUT2D eigenvalue weighted by molar-refractivity contribution is 7.43. The van der Waals surface area contributed by atoms with E-state index in [1.165, 1.54) is 7.11 Å². The first-order valence-corrected chi connectivity index (χ1v) is 6.43. The molecule has 0 fully saturated rings. The van der Waals surface area contributed by atoms with Gasteiger partial charge in [0.05, 0.1) is 12.7 Å². The van der Waals surface area contributed by atoms with Gasteiger partial charge < -0.3 is 14.2 Å². The molecule has 0 heterocycles. The SMILES string of the molecule is COC(C#N)COP(O)N(C(C)C)C(C)C. The summed E-state index contributed by atoms with van der Waals surface area (Å²) in [6.07, 6.45) is -0.627. The third-order valence-corrected chi connectivity index (χ3v) is 3.72. The molecule has 0 aromatic rings. The lowest BCUT2D eigenvalue weighted by Gasteiger charge is -2.33. The van der Waals surface area contributed by atoms with Gasteiger partial charge in [0.2, 0.25) is 0 Å². The zero-order chi connectivity index (χ0) is 12.7. The molecule has 5 nitrogen and oxygen atoms in total. The topological polar surface area (TPSA) is 65.7 Å². The number of rotatable bonds is 7. The first-order valence-electron chi connectivity index (χ1n) is 5.26. The van der Waals surface area contributed by atoms with Crippen LogP contribution < -0.4 is 0 Å². The Labute approximate surface area is 98.9 Å². The van der Waals surface area contributed by atoms with Gasteiger partial charge in [-0.2, -0.15) is 5.26 Å². The van der Waals surface area contributed by atoms with Crippen LogP contribution in [0.1, 0.15) is 27.7 Å². The molecule has 6 heteroatoms. The summed E-state index contributed by atoms with van der Waals surface area (Å²) in [7, 11) is -0.221. The minimum absolute atomic E-state index is 0.0884. The van der Waals surface area contributed by atoms with Crippen molar-refractivity contribution >= 4 is 8.53 Å². The molecule has 16 heavy (non-hydrogen) atoms. The Hall–Kier alpha value is -0.240. The summed E-state index contributed by atoms with van der Waals surface area (Å²) < 4.78 is 12.0. The van der Waals surface area contributed by atoms with E-state index in [2.05, 4.69) is 0 Å². The van der Waals surface area contributed by atoms with Crippen molar-refractivity contribution in [3.63, 3.8) is 0 Å². The Morgan fingerprint density at radius 3 is 2.12 bits per heavy atom. The van der Waals surface area contributed by atoms with Gasteiger partial charge in [-0.3, -0.25) is 0 Å². The van der Waals surface area contributed by atoms with E-state index in [1.807, 2.05) is 38.4 Å². The van der Waals surface area contributed by atoms with Crippen molar-refractivity contribution in [2.75, 3.05) is 13.7 Å². The van der Waals surface area contributed by atoms with Crippen LogP contribution in [0.4, 0.5) is 0 Å². The van der Waals surface area contributed by atoms with Gasteiger partial charge in [-0.25, -0.2) is 4.67 Å². The van der Waals surface area contributed by atoms with Gasteiger partial charge in [0.25, 0.3) is 8.53 Å². The van der Waals surface area contributed by atoms with E-state index in [9.17, 15) is 4.89 Å². The average molecular weight is 248 g/mol. The molecule has 0 rings (SSSR count). The van der Waals surface area contributed by atoms with Crippen molar-refractivity contribution in [3.05, 3.63) is 0 Å². The summed E-state index contributed by atoms with van der Waals surface area (Å²) in [4.78, 5) is 9.89. The maximum Gasteiger partial charge on any atom is 0.256 e. The van der Waals surface area contributed by atoms with Crippen LogP contribution in [0.5, 0.6) is 0 Å². The van der Waals surface area contributed by atoms with E-state index < -0.39 is 14.6 Å². The summed E-state index contributed by atoms with van der Waals surface area (Å²) in [5, 5.41) is 8.65. The van der Waals surface area contributed by atoms with Crippen LogP contribution >= 0.6 is 8.53 Å². The van der Waals surface area contributed by atoms with Gasteiger partial charge in [0, 0.05) is 19.2 Å². The fraction of sp³-hybridized carbons (Fsp3) is 0.900. The number of hydrogen-bond acceptors (Lipinski definition) is 5. The highest BCUT2D eigenvalue weighted by Gasteiger charge is 2.24. The highest BCUT2D eigenvalue weighted by Crippen LogP contribution is 2.40. The standard InChI is InChI=1S/C10H21N2O3P/c1-8(2)12(9(3)4)16(13)15-7-10(6-11)14-5/h8-10,13H,7H2,1-5H3. The minimum atomic E-state index is -1.66. The number of ether oxygens (including phenoxy) is 1. The third kappa shape index (κ3) is 5.20. The molecule has 94 valence electrons. The Morgan fingerprint density at radius 2 is 1.81 bits per heavy atom. The van der Waals surface area contributed by atoms with Crippen LogP contribution in [0.15, 0.2) is 0 Å². The smallest absolute Gasteiger partial charge is 0.256 e. The van der Waals surface area contributed by atoms with E-state index in [1.54, 1.807) is 0 Å². The van der Waals surface area contributed by atoms with Crippen LogP contribution in [0.3, 0.4) is 0 Å². The van der Waals surface area contributed by atoms with Crippen molar-refractivity contribution in [2.45, 2.75) is 45.9 Å². The normalized spacial score (nSPS) is 15.5. The third-order valence-electron chi connectivity index (χ3n) is 2.03. The summed E-state index contributed by atoms with van der Waals surface area (Å²) in [6, 6.07) is 2.33. The highest BCUT2D eigenvalue weighted by atomic mass is 31.2. The van der Waals surface area contributed by atoms with E-state index in [-0.39, 0.29) is 18.7 Å². The molecule has 2 unspecified atom stereocenters. The molecule has 0 aromatic heterocycles. The molecular formula is C10H21N2O3P. The maximum atomic E-state index is 9.89. The fourth-order valence-electron chi connectivity index (χ4n) is 1.35. The van der Waals surface area contributed by atoms with Gasteiger partial charge in [0.1, 0.15) is 0 Å². The van der Waals surface area contributed by atoms with E-state index in [4.69, 9.17) is 14.5 Å². The summed E-state index contributed by atoms with van der Waals surface area (Å²) in [5.74, 6) is 0. The van der Waals surface area contributed by atoms with Gasteiger partial charge >= 0.3 is 0 Å². The zero-order valence-corrected chi connectivity index (χ0v) is 11.4. The molecule has 0 saturated carbocycles. The molecule has 0 bridgehead atoms. The molecule has 2 atom stereocenters. The molecule has 0 amide bonds. The first-order chi connectivity index (χ1) is 7.43. The number of nitriles is 1. The Balaban J connectivity index is 4.22. The summed E-state index contributed by atoms with van der Waals surface area (Å²) in [6.45, 7) is 8.06. The average Bonchev–Trinajstić information content (AvgIpc) is 2.18. The van der Waals surface area contributed by atoms with Gasteiger partial charge in [-0.05, 0) is 27.7 Å². The number of methoxy groups -OCH3 is 1. The Kier molecular flexibility index (Phi) is 7.82. The fourth-order valence-corrected chi connectivity index (χ4v) is 2.54. The van der Waals surface area contributed by atoms with Crippen LogP contribution in [0, 0.1) is 11.3 Å². The molecule has 1 N–H and O–H groups in total. The zero-order valence-electron chi connectivity index (χ0n) is 10.5. The quantitative estimate of drug-likeness (QED) is 0.697. The minimum Gasteiger partial charge on any atom is -0.364 e. The van der Waals surface area contributed by atoms with Crippen LogP contribution in [0.2, 0.25) is 0 Å². The van der Waals surface area contributed by atoms with Gasteiger partial charge in [0.15, 0.2) is 6.10 Å². The second kappa shape index (κ2) is 7.94. The van der Waals surface area contributed by atoms with E-state index >= 15 is 0 Å². The van der Waals surface area contributed by atoms with Crippen molar-refractivity contribution in [2.24, 2.45) is 0 Å². The second-order valence-corrected chi connectivity index (χ2v) is 5.20. The maximum absolute atomic E-state index is 9.89. The predicted octanol–water partition coefficient (Wildman–Crippen LogP) is 1.88. The first kappa shape index (κ1) is 15.8. The van der Waals surface area contributed by atoms with Crippen molar-refractivity contribution in [1.29, 1.82) is 5.26 Å². The number of hydrogen-bond donors (Lipinski definition) is 1.